The van der Waals surface area contributed by atoms with Crippen LogP contribution in [-0.4, -0.2) is 63.7 Å². The van der Waals surface area contributed by atoms with Gasteiger partial charge in [0, 0.05) is 12.5 Å². The highest BCUT2D eigenvalue weighted by Crippen LogP contribution is 2.34. The Kier molecular flexibility index (Phi) is 14.3. The highest BCUT2D eigenvalue weighted by atomic mass is 16.7. The number of hydrogen-bond donors (Lipinski definition) is 7. The van der Waals surface area contributed by atoms with Crippen LogP contribution in [0.5, 0.6) is 0 Å². The summed E-state index contributed by atoms with van der Waals surface area (Å²) in [6.45, 7) is 6.05. The molecular formula is C22H44BN6O6+. The molecule has 13 heteroatoms. The van der Waals surface area contributed by atoms with E-state index in [0.29, 0.717) is 18.8 Å². The van der Waals surface area contributed by atoms with Gasteiger partial charge in [-0.2, -0.15) is 0 Å². The van der Waals surface area contributed by atoms with Crippen LogP contribution in [0.2, 0.25) is 0 Å². The lowest BCUT2D eigenvalue weighted by atomic mass is 9.75. The fraction of sp³-hybridized carbons (Fsp3) is 0.864. The minimum atomic E-state index is -1.72. The van der Waals surface area contributed by atoms with Crippen molar-refractivity contribution in [3.63, 3.8) is 0 Å². The number of hydrogen-bond acceptors (Lipinski definition) is 6. The highest BCUT2D eigenvalue weighted by molar-refractivity contribution is 6.43. The minimum absolute atomic E-state index is 0.118. The van der Waals surface area contributed by atoms with Crippen LogP contribution < -0.4 is 21.8 Å². The number of nitrogens with one attached hydrogen (secondary N) is 3. The molecule has 1 aliphatic carbocycles. The minimum Gasteiger partial charge on any atom is -0.426 e. The van der Waals surface area contributed by atoms with Crippen LogP contribution in [0, 0.1) is 22.7 Å². The van der Waals surface area contributed by atoms with Crippen molar-refractivity contribution in [3.05, 3.63) is 4.91 Å². The maximum Gasteiger partial charge on any atom is 0.475 e. The lowest BCUT2D eigenvalue weighted by molar-refractivity contribution is -0.822. The number of nitrogens with zero attached hydrogens (tertiary/aromatic N) is 2. The van der Waals surface area contributed by atoms with Crippen LogP contribution in [-0.2, 0) is 9.59 Å². The Morgan fingerprint density at radius 1 is 1.11 bits per heavy atom. The van der Waals surface area contributed by atoms with Crippen molar-refractivity contribution >= 4 is 24.9 Å². The largest absolute Gasteiger partial charge is 0.475 e. The van der Waals surface area contributed by atoms with Crippen molar-refractivity contribution in [1.29, 1.82) is 0 Å². The second kappa shape index (κ2) is 16.3. The number of guanidine groups is 1. The second-order valence-corrected chi connectivity index (χ2v) is 9.81. The summed E-state index contributed by atoms with van der Waals surface area (Å²) in [6, 6.07) is -0.889. The number of hydrazine groups is 1. The summed E-state index contributed by atoms with van der Waals surface area (Å²) in [7, 11) is -1.72. The quantitative estimate of drug-likeness (QED) is 0.0533. The third-order valence-corrected chi connectivity index (χ3v) is 6.36. The van der Waals surface area contributed by atoms with E-state index in [9.17, 15) is 24.5 Å². The van der Waals surface area contributed by atoms with E-state index in [4.69, 9.17) is 10.9 Å². The molecule has 35 heavy (non-hydrogen) atoms. The van der Waals surface area contributed by atoms with E-state index in [1.807, 2.05) is 19.3 Å². The number of carbonyl (C=O) groups excluding carboxylic acids is 2. The average Bonchev–Trinajstić information content (AvgIpc) is 3.29. The zero-order chi connectivity index (χ0) is 26.4. The van der Waals surface area contributed by atoms with Crippen LogP contribution in [0.25, 0.3) is 0 Å². The predicted molar refractivity (Wildman–Crippen MR) is 133 cm³/mol. The Morgan fingerprint density at radius 2 is 1.77 bits per heavy atom. The fourth-order valence-corrected chi connectivity index (χ4v) is 4.59. The molecule has 0 spiro atoms. The monoisotopic (exact) mass is 499 g/mol. The van der Waals surface area contributed by atoms with Gasteiger partial charge in [0.25, 0.3) is 5.96 Å². The molecule has 0 aromatic rings. The summed E-state index contributed by atoms with van der Waals surface area (Å²) in [5.41, 5.74) is 7.33. The molecule has 0 radical (unpaired) electrons. The Labute approximate surface area is 208 Å². The second-order valence-electron chi connectivity index (χ2n) is 9.81. The summed E-state index contributed by atoms with van der Waals surface area (Å²) < 4.78 is 0. The highest BCUT2D eigenvalue weighted by Gasteiger charge is 2.34. The number of nitrogens with two attached hydrogens (primary N) is 1. The maximum absolute atomic E-state index is 13.3. The third-order valence-electron chi connectivity index (χ3n) is 6.36. The van der Waals surface area contributed by atoms with Gasteiger partial charge in [0.2, 0.25) is 11.8 Å². The molecule has 2 amide bonds. The maximum atomic E-state index is 13.3. The molecule has 1 rings (SSSR count). The van der Waals surface area contributed by atoms with Crippen molar-refractivity contribution < 1.29 is 29.9 Å². The van der Waals surface area contributed by atoms with E-state index < -0.39 is 30.0 Å². The molecule has 8 N–H and O–H groups in total. The fourth-order valence-electron chi connectivity index (χ4n) is 4.59. The zero-order valence-electron chi connectivity index (χ0n) is 21.3. The number of unbranched alkanes of at least 4 members (excludes halogenated alkanes) is 1. The van der Waals surface area contributed by atoms with Crippen molar-refractivity contribution in [3.8, 4) is 0 Å². The number of carbonyl (C=O) groups is 2. The van der Waals surface area contributed by atoms with Gasteiger partial charge in [-0.25, -0.2) is 10.2 Å². The molecule has 12 nitrogen and oxygen atoms in total. The smallest absolute Gasteiger partial charge is 0.426 e. The molecule has 1 unspecified atom stereocenters. The molecule has 1 saturated carbocycles. The van der Waals surface area contributed by atoms with E-state index >= 15 is 0 Å². The first-order valence-corrected chi connectivity index (χ1v) is 12.7. The van der Waals surface area contributed by atoms with Crippen molar-refractivity contribution in [2.24, 2.45) is 28.5 Å². The predicted octanol–water partition coefficient (Wildman–Crippen LogP) is 0.778. The Bertz CT molecular complexity index is 702. The van der Waals surface area contributed by atoms with Gasteiger partial charge in [0.1, 0.15) is 10.9 Å². The number of rotatable bonds is 16. The van der Waals surface area contributed by atoms with Crippen molar-refractivity contribution in [2.45, 2.75) is 97.0 Å². The molecule has 0 heterocycles. The molecule has 0 bridgehead atoms. The van der Waals surface area contributed by atoms with E-state index in [-0.39, 0.29) is 36.7 Å². The molecule has 3 atom stereocenters. The van der Waals surface area contributed by atoms with Gasteiger partial charge in [-0.15, -0.1) is 0 Å². The van der Waals surface area contributed by atoms with Gasteiger partial charge in [0.15, 0.2) is 0 Å². The third kappa shape index (κ3) is 12.2. The van der Waals surface area contributed by atoms with Crippen molar-refractivity contribution in [2.75, 3.05) is 6.54 Å². The van der Waals surface area contributed by atoms with E-state index in [1.165, 1.54) is 0 Å². The molecule has 1 fully saturated rings. The zero-order valence-corrected chi connectivity index (χ0v) is 21.3. The van der Waals surface area contributed by atoms with Crippen LogP contribution in [0.4, 0.5) is 0 Å². The molecule has 0 saturated heterocycles. The molecule has 0 aliphatic heterocycles. The average molecular weight is 499 g/mol. The van der Waals surface area contributed by atoms with Crippen LogP contribution in [0.1, 0.15) is 85.0 Å². The summed E-state index contributed by atoms with van der Waals surface area (Å²) in [5, 5.41) is 33.0. The Hall–Kier alpha value is -2.41. The molecule has 0 aromatic heterocycles. The summed E-state index contributed by atoms with van der Waals surface area (Å²) >= 11 is 0. The molecule has 200 valence electrons. The summed E-state index contributed by atoms with van der Waals surface area (Å²) in [5.74, 6) is -1.52. The molecule has 0 aromatic carbocycles. The van der Waals surface area contributed by atoms with E-state index in [1.54, 1.807) is 0 Å². The van der Waals surface area contributed by atoms with Gasteiger partial charge in [0.05, 0.1) is 5.94 Å². The van der Waals surface area contributed by atoms with Crippen LogP contribution in [0.15, 0.2) is 4.99 Å². The van der Waals surface area contributed by atoms with Crippen LogP contribution in [0.3, 0.4) is 0 Å². The van der Waals surface area contributed by atoms with E-state index in [0.717, 1.165) is 44.9 Å². The first-order chi connectivity index (χ1) is 16.5. The summed E-state index contributed by atoms with van der Waals surface area (Å²) in [6.07, 6.45) is 7.87. The Balaban J connectivity index is 2.93. The number of aliphatic imine (C=N–C) groups is 1. The van der Waals surface area contributed by atoms with E-state index in [2.05, 4.69) is 22.5 Å². The van der Waals surface area contributed by atoms with Gasteiger partial charge >= 0.3 is 12.2 Å². The standard InChI is InChI=1S/C22H43BN6O6/c1-4-5-11-17(16-9-6-7-10-16)20(30)26-18(12-8-13-25-22(24)28-29(34)35)21(31)27-19(23(32)33)14-15(2)3/h15-19,32-33H,4-14H2,1-3H3,(H5-,24,25,26,27,28,30,31,34,35)/p+1/t17?,18-,19-/m0/s1. The van der Waals surface area contributed by atoms with Gasteiger partial charge in [-0.05, 0) is 55.8 Å². The SMILES string of the molecule is CCCCC(C(=O)N[C@@H](CCCN=C(N)N[N+](=O)O)C(=O)N[C@@H](CC(C)C)B(O)O)C1CCCC1. The first kappa shape index (κ1) is 30.6. The van der Waals surface area contributed by atoms with Gasteiger partial charge in [-0.1, -0.05) is 46.5 Å². The van der Waals surface area contributed by atoms with Gasteiger partial charge in [-0.3, -0.25) is 9.59 Å². The number of amides is 2. The summed E-state index contributed by atoms with van der Waals surface area (Å²) in [4.78, 5) is 40.8. The van der Waals surface area contributed by atoms with Crippen molar-refractivity contribution in [1.82, 2.24) is 16.1 Å². The molecule has 1 aliphatic rings. The lowest BCUT2D eigenvalue weighted by Gasteiger charge is -2.27. The Morgan fingerprint density at radius 3 is 2.31 bits per heavy atom. The topological polar surface area (TPSA) is 189 Å². The lowest BCUT2D eigenvalue weighted by Crippen LogP contribution is -2.55. The van der Waals surface area contributed by atoms with Gasteiger partial charge < -0.3 is 26.4 Å². The van der Waals surface area contributed by atoms with Crippen LogP contribution >= 0.6 is 0 Å². The first-order valence-electron chi connectivity index (χ1n) is 12.7. The molecular weight excluding hydrogens is 455 g/mol. The normalized spacial score (nSPS) is 17.0.